The largest absolute Gasteiger partial charge is 0.303 e. The van der Waals surface area contributed by atoms with Crippen LogP contribution in [-0.2, 0) is 0 Å². The summed E-state index contributed by atoms with van der Waals surface area (Å²) in [7, 11) is 0. The average molecular weight is 248 g/mol. The van der Waals surface area contributed by atoms with Crippen molar-refractivity contribution in [3.63, 3.8) is 0 Å². The molecule has 1 aliphatic rings. The summed E-state index contributed by atoms with van der Waals surface area (Å²) in [5, 5.41) is 0. The Morgan fingerprint density at radius 2 is 1.92 bits per heavy atom. The normalized spacial score (nSPS) is 21.2. The van der Waals surface area contributed by atoms with Crippen LogP contribution in [0, 0.1) is 5.92 Å². The van der Waals surface area contributed by atoms with Gasteiger partial charge in [-0.3, -0.25) is 0 Å². The van der Waals surface area contributed by atoms with Gasteiger partial charge in [-0.05, 0) is 51.2 Å². The van der Waals surface area contributed by atoms with Crippen molar-refractivity contribution in [1.29, 1.82) is 0 Å². The summed E-state index contributed by atoms with van der Waals surface area (Å²) in [5.41, 5.74) is 0. The summed E-state index contributed by atoms with van der Waals surface area (Å²) < 4.78 is 0. The van der Waals surface area contributed by atoms with Crippen molar-refractivity contribution in [2.45, 2.75) is 44.4 Å². The number of hydrogen-bond donors (Lipinski definition) is 0. The van der Waals surface area contributed by atoms with Gasteiger partial charge in [-0.25, -0.2) is 0 Å². The third kappa shape index (κ3) is 5.02. The lowest BCUT2D eigenvalue weighted by atomic mass is 10.1. The monoisotopic (exact) mass is 247 g/mol. The van der Waals surface area contributed by atoms with E-state index in [1.807, 2.05) is 0 Å². The zero-order chi connectivity index (χ0) is 9.68. The summed E-state index contributed by atoms with van der Waals surface area (Å²) in [5.74, 6) is 0.869. The number of nitrogens with zero attached hydrogens (tertiary/aromatic N) is 1. The molecule has 0 aromatic rings. The van der Waals surface area contributed by atoms with Gasteiger partial charge in [-0.2, -0.15) is 0 Å². The molecule has 13 heavy (non-hydrogen) atoms. The Morgan fingerprint density at radius 3 is 2.46 bits per heavy atom. The van der Waals surface area contributed by atoms with E-state index in [1.54, 1.807) is 0 Å². The zero-order valence-corrected chi connectivity index (χ0v) is 10.5. The van der Waals surface area contributed by atoms with Crippen LogP contribution in [0.15, 0.2) is 0 Å². The van der Waals surface area contributed by atoms with Crippen molar-refractivity contribution in [2.75, 3.05) is 19.6 Å². The Kier molecular flexibility index (Phi) is 5.34. The highest BCUT2D eigenvalue weighted by Crippen LogP contribution is 2.17. The van der Waals surface area contributed by atoms with Gasteiger partial charge >= 0.3 is 0 Å². The SMILES string of the molecule is CC(C)CCCN1CCC(Br)CC1. The lowest BCUT2D eigenvalue weighted by Crippen LogP contribution is -2.34. The van der Waals surface area contributed by atoms with Gasteiger partial charge in [0.2, 0.25) is 0 Å². The molecule has 1 saturated heterocycles. The van der Waals surface area contributed by atoms with Crippen molar-refractivity contribution >= 4 is 15.9 Å². The fraction of sp³-hybridized carbons (Fsp3) is 1.00. The number of halogens is 1. The second kappa shape index (κ2) is 6.02. The van der Waals surface area contributed by atoms with Gasteiger partial charge < -0.3 is 4.90 Å². The number of alkyl halides is 1. The van der Waals surface area contributed by atoms with Crippen molar-refractivity contribution in [3.8, 4) is 0 Å². The van der Waals surface area contributed by atoms with E-state index in [2.05, 4.69) is 34.7 Å². The molecule has 0 saturated carbocycles. The van der Waals surface area contributed by atoms with Crippen LogP contribution < -0.4 is 0 Å². The highest BCUT2D eigenvalue weighted by molar-refractivity contribution is 9.09. The summed E-state index contributed by atoms with van der Waals surface area (Å²) in [4.78, 5) is 3.40. The first-order valence-corrected chi connectivity index (χ1v) is 6.46. The van der Waals surface area contributed by atoms with Crippen LogP contribution in [0.1, 0.15) is 39.5 Å². The molecule has 0 aromatic carbocycles. The number of likely N-dealkylation sites (tertiary alicyclic amines) is 1. The van der Waals surface area contributed by atoms with Crippen LogP contribution in [0.2, 0.25) is 0 Å². The topological polar surface area (TPSA) is 3.24 Å². The molecule has 1 rings (SSSR count). The molecule has 1 nitrogen and oxygen atoms in total. The molecule has 1 fully saturated rings. The van der Waals surface area contributed by atoms with E-state index in [0.717, 1.165) is 10.7 Å². The minimum absolute atomic E-state index is 0.786. The first kappa shape index (κ1) is 11.5. The minimum atomic E-state index is 0.786. The number of rotatable bonds is 4. The highest BCUT2D eigenvalue weighted by atomic mass is 79.9. The molecule has 0 radical (unpaired) electrons. The Labute approximate surface area is 91.0 Å². The second-order valence-electron chi connectivity index (χ2n) is 4.55. The smallest absolute Gasteiger partial charge is 0.0170 e. The molecule has 1 aliphatic heterocycles. The fourth-order valence-electron chi connectivity index (χ4n) is 1.85. The molecular formula is C11H22BrN. The lowest BCUT2D eigenvalue weighted by molar-refractivity contribution is 0.226. The molecule has 0 unspecified atom stereocenters. The minimum Gasteiger partial charge on any atom is -0.303 e. The predicted molar refractivity (Wildman–Crippen MR) is 62.5 cm³/mol. The van der Waals surface area contributed by atoms with E-state index in [-0.39, 0.29) is 0 Å². The molecule has 0 aliphatic carbocycles. The van der Waals surface area contributed by atoms with Crippen LogP contribution in [0.4, 0.5) is 0 Å². The summed E-state index contributed by atoms with van der Waals surface area (Å²) in [6.07, 6.45) is 5.43. The van der Waals surface area contributed by atoms with Crippen molar-refractivity contribution < 1.29 is 0 Å². The maximum absolute atomic E-state index is 3.68. The van der Waals surface area contributed by atoms with E-state index in [1.165, 1.54) is 45.3 Å². The maximum atomic E-state index is 3.68. The number of piperidine rings is 1. The quantitative estimate of drug-likeness (QED) is 0.690. The average Bonchev–Trinajstić information content (AvgIpc) is 2.08. The van der Waals surface area contributed by atoms with Crippen LogP contribution in [-0.4, -0.2) is 29.4 Å². The second-order valence-corrected chi connectivity index (χ2v) is 5.85. The Hall–Kier alpha value is 0.440. The molecule has 78 valence electrons. The Bertz CT molecular complexity index is 128. The molecule has 0 bridgehead atoms. The van der Waals surface area contributed by atoms with E-state index in [9.17, 15) is 0 Å². The van der Waals surface area contributed by atoms with Crippen molar-refractivity contribution in [1.82, 2.24) is 4.90 Å². The molecule has 0 amide bonds. The summed E-state index contributed by atoms with van der Waals surface area (Å²) in [6.45, 7) is 8.54. The standard InChI is InChI=1S/C11H22BrN/c1-10(2)4-3-7-13-8-5-11(12)6-9-13/h10-11H,3-9H2,1-2H3. The van der Waals surface area contributed by atoms with Crippen LogP contribution >= 0.6 is 15.9 Å². The van der Waals surface area contributed by atoms with E-state index < -0.39 is 0 Å². The third-order valence-corrected chi connectivity index (χ3v) is 3.69. The van der Waals surface area contributed by atoms with Gasteiger partial charge in [0.15, 0.2) is 0 Å². The molecule has 0 atom stereocenters. The van der Waals surface area contributed by atoms with Crippen LogP contribution in [0.25, 0.3) is 0 Å². The fourth-order valence-corrected chi connectivity index (χ4v) is 2.26. The third-order valence-electron chi connectivity index (χ3n) is 2.77. The zero-order valence-electron chi connectivity index (χ0n) is 8.93. The van der Waals surface area contributed by atoms with Crippen molar-refractivity contribution in [2.24, 2.45) is 5.92 Å². The van der Waals surface area contributed by atoms with Gasteiger partial charge in [0.1, 0.15) is 0 Å². The first-order valence-electron chi connectivity index (χ1n) is 5.55. The van der Waals surface area contributed by atoms with Crippen molar-refractivity contribution in [3.05, 3.63) is 0 Å². The first-order chi connectivity index (χ1) is 6.18. The molecule has 1 heterocycles. The van der Waals surface area contributed by atoms with Gasteiger partial charge in [0.05, 0.1) is 0 Å². The van der Waals surface area contributed by atoms with Gasteiger partial charge in [-0.1, -0.05) is 29.8 Å². The number of hydrogen-bond acceptors (Lipinski definition) is 1. The molecule has 2 heteroatoms. The Morgan fingerprint density at radius 1 is 1.31 bits per heavy atom. The van der Waals surface area contributed by atoms with Gasteiger partial charge in [0.25, 0.3) is 0 Å². The molecular weight excluding hydrogens is 226 g/mol. The predicted octanol–water partition coefficient (Wildman–Crippen LogP) is 3.28. The summed E-state index contributed by atoms with van der Waals surface area (Å²) >= 11 is 3.68. The van der Waals surface area contributed by atoms with E-state index in [4.69, 9.17) is 0 Å². The lowest BCUT2D eigenvalue weighted by Gasteiger charge is -2.29. The molecule has 0 spiro atoms. The Balaban J connectivity index is 2.02. The van der Waals surface area contributed by atoms with Crippen LogP contribution in [0.3, 0.4) is 0 Å². The maximum Gasteiger partial charge on any atom is 0.0170 e. The highest BCUT2D eigenvalue weighted by Gasteiger charge is 2.15. The van der Waals surface area contributed by atoms with E-state index in [0.29, 0.717) is 0 Å². The van der Waals surface area contributed by atoms with E-state index >= 15 is 0 Å². The van der Waals surface area contributed by atoms with Gasteiger partial charge in [0, 0.05) is 4.83 Å². The van der Waals surface area contributed by atoms with Gasteiger partial charge in [-0.15, -0.1) is 0 Å². The molecule has 0 N–H and O–H groups in total. The van der Waals surface area contributed by atoms with Crippen LogP contribution in [0.5, 0.6) is 0 Å². The summed E-state index contributed by atoms with van der Waals surface area (Å²) in [6, 6.07) is 0. The molecule has 0 aromatic heterocycles.